The fourth-order valence-corrected chi connectivity index (χ4v) is 12.7. The van der Waals surface area contributed by atoms with Crippen molar-refractivity contribution >= 4 is 81.9 Å². The summed E-state index contributed by atoms with van der Waals surface area (Å²) in [7, 11) is 2.85. The average molecular weight is 1660 g/mol. The lowest BCUT2D eigenvalue weighted by Crippen LogP contribution is -2.56. The number of unbranched alkanes of at least 4 members (excludes halogenated alkanes) is 3. The predicted molar refractivity (Wildman–Crippen MR) is 423 cm³/mol. The van der Waals surface area contributed by atoms with Crippen LogP contribution < -0.4 is 31.9 Å². The number of ether oxygens (including phenoxy) is 4. The van der Waals surface area contributed by atoms with Crippen molar-refractivity contribution in [2.45, 2.75) is 217 Å². The molecule has 17 N–H and O–H groups in total. The molecule has 658 valence electrons. The van der Waals surface area contributed by atoms with Crippen LogP contribution in [-0.4, -0.2) is 372 Å². The summed E-state index contributed by atoms with van der Waals surface area (Å²) in [5, 5.41) is 117. The van der Waals surface area contributed by atoms with Crippen LogP contribution in [0.15, 0.2) is 42.5 Å². The number of benzene rings is 2. The second-order valence-electron chi connectivity index (χ2n) is 32.5. The molecule has 0 saturated carbocycles. The van der Waals surface area contributed by atoms with E-state index in [9.17, 15) is 104 Å². The van der Waals surface area contributed by atoms with Gasteiger partial charge in [-0.25, -0.2) is 4.98 Å². The number of nitrogens with one attached hydrogen (secondary N) is 7. The number of esters is 4. The number of carbonyl (C=O) groups excluding carboxylic acids is 11. The fraction of sp³-hybridized carbons (Fsp3) is 0.692. The zero-order chi connectivity index (χ0) is 87.1. The lowest BCUT2D eigenvalue weighted by molar-refractivity contribution is -0.158. The molecule has 1 saturated heterocycles. The first-order chi connectivity index (χ1) is 54.9. The molecule has 2 aliphatic heterocycles. The van der Waals surface area contributed by atoms with Crippen LogP contribution in [0.25, 0.3) is 11.0 Å². The van der Waals surface area contributed by atoms with E-state index in [1.54, 1.807) is 107 Å². The molecule has 0 aliphatic carbocycles. The first-order valence-corrected chi connectivity index (χ1v) is 39.5. The van der Waals surface area contributed by atoms with Gasteiger partial charge in [0.2, 0.25) is 35.4 Å². The minimum Gasteiger partial charge on any atom is -0.469 e. The van der Waals surface area contributed by atoms with E-state index in [0.717, 1.165) is 11.0 Å². The lowest BCUT2D eigenvalue weighted by Gasteiger charge is -2.34. The average Bonchev–Trinajstić information content (AvgIpc) is 1.70. The van der Waals surface area contributed by atoms with Gasteiger partial charge in [-0.15, -0.1) is 0 Å². The lowest BCUT2D eigenvalue weighted by atomic mass is 10.0. The van der Waals surface area contributed by atoms with E-state index in [4.69, 9.17) is 18.9 Å². The van der Waals surface area contributed by atoms with Gasteiger partial charge in [0.05, 0.1) is 82.7 Å². The molecule has 5 rings (SSSR count). The summed E-state index contributed by atoms with van der Waals surface area (Å²) in [6.07, 6.45) is -16.5. The van der Waals surface area contributed by atoms with Crippen molar-refractivity contribution in [3.05, 3.63) is 59.4 Å². The van der Waals surface area contributed by atoms with Gasteiger partial charge in [-0.3, -0.25) is 72.3 Å². The third-order valence-electron chi connectivity index (χ3n) is 19.0. The van der Waals surface area contributed by atoms with Crippen molar-refractivity contribution in [2.24, 2.45) is 0 Å². The van der Waals surface area contributed by atoms with E-state index in [1.165, 1.54) is 12.0 Å². The SMILES string of the molecule is COC(=O)CC1Nc2ccc(C(=O)N(C)Cc3nc4ccccc4[nH]3)cc2CN(CCCCCCNC(=O)[C@H](CCC(=O)NC[C@@H](O)[C@H](O)[C@H](O)[C@@H](O)CO)NC(=O)[C@H](CCC(=O)NC[C@H](O)[C@@H](O)[C@@H](O)[C@H](O)CO)NC(=O)CN2CCN(CC(=O)OC(C)(C)C)CCN(CC(=O)OC(C)(C)C)CCN(CC(=O)OC(C)(C)C)CC2)C1=O. The number of methoxy groups -OCH3 is 1. The van der Waals surface area contributed by atoms with Crippen molar-refractivity contribution < 1.29 is 123 Å². The highest BCUT2D eigenvalue weighted by Crippen LogP contribution is 2.28. The first kappa shape index (κ1) is 98.9. The number of para-hydroxylation sites is 2. The van der Waals surface area contributed by atoms with Crippen LogP contribution in [0.3, 0.4) is 0 Å². The molecule has 39 nitrogen and oxygen atoms in total. The molecule has 0 bridgehead atoms. The van der Waals surface area contributed by atoms with Crippen LogP contribution in [-0.2, 0) is 80.0 Å². The van der Waals surface area contributed by atoms with E-state index in [0.29, 0.717) is 48.3 Å². The molecule has 1 fully saturated rings. The Morgan fingerprint density at radius 2 is 1.01 bits per heavy atom. The number of amides is 7. The number of aromatic nitrogens is 2. The van der Waals surface area contributed by atoms with E-state index < -0.39 is 202 Å². The van der Waals surface area contributed by atoms with E-state index in [2.05, 4.69) is 41.9 Å². The van der Waals surface area contributed by atoms with Crippen LogP contribution in [0.4, 0.5) is 5.69 Å². The molecule has 1 unspecified atom stereocenters. The summed E-state index contributed by atoms with van der Waals surface area (Å²) in [5.74, 6) is -6.86. The fourth-order valence-electron chi connectivity index (χ4n) is 12.7. The summed E-state index contributed by atoms with van der Waals surface area (Å²) in [4.78, 5) is 170. The number of nitrogens with zero attached hydrogens (tertiary/aromatic N) is 7. The third kappa shape index (κ3) is 35.8. The Hall–Kier alpha value is -8.68. The van der Waals surface area contributed by atoms with Gasteiger partial charge in [-0.05, 0) is 124 Å². The van der Waals surface area contributed by atoms with Crippen LogP contribution in [0.5, 0.6) is 0 Å². The second-order valence-corrected chi connectivity index (χ2v) is 32.5. The van der Waals surface area contributed by atoms with Crippen molar-refractivity contribution in [3.63, 3.8) is 0 Å². The maximum Gasteiger partial charge on any atom is 0.320 e. The molecule has 11 atom stereocenters. The number of aromatic amines is 1. The molecule has 0 radical (unpaired) electrons. The van der Waals surface area contributed by atoms with Crippen molar-refractivity contribution in [1.29, 1.82) is 0 Å². The predicted octanol–water partition coefficient (Wildman–Crippen LogP) is -3.92. The number of rotatable bonds is 42. The van der Waals surface area contributed by atoms with Gasteiger partial charge < -0.3 is 117 Å². The summed E-state index contributed by atoms with van der Waals surface area (Å²) in [6, 6.07) is 8.15. The molecule has 7 amide bonds. The number of H-pyrrole nitrogens is 1. The maximum atomic E-state index is 14.9. The zero-order valence-electron chi connectivity index (χ0n) is 69.1. The zero-order valence-corrected chi connectivity index (χ0v) is 69.1. The molecule has 1 aromatic heterocycles. The van der Waals surface area contributed by atoms with E-state index in [-0.39, 0.29) is 110 Å². The van der Waals surface area contributed by atoms with Crippen molar-refractivity contribution in [3.8, 4) is 0 Å². The summed E-state index contributed by atoms with van der Waals surface area (Å²) in [6.45, 7) is 12.7. The topological polar surface area (TPSA) is 547 Å². The van der Waals surface area contributed by atoms with Gasteiger partial charge in [0, 0.05) is 116 Å². The smallest absolute Gasteiger partial charge is 0.320 e. The number of aliphatic hydroxyl groups is 10. The monoisotopic (exact) mass is 1660 g/mol. The van der Waals surface area contributed by atoms with Crippen LogP contribution in [0.2, 0.25) is 0 Å². The van der Waals surface area contributed by atoms with Gasteiger partial charge in [0.25, 0.3) is 5.91 Å². The van der Waals surface area contributed by atoms with Crippen LogP contribution in [0.1, 0.15) is 142 Å². The summed E-state index contributed by atoms with van der Waals surface area (Å²) >= 11 is 0. The van der Waals surface area contributed by atoms with Crippen LogP contribution in [0, 0.1) is 0 Å². The highest BCUT2D eigenvalue weighted by atomic mass is 16.6. The quantitative estimate of drug-likeness (QED) is 0.0146. The van der Waals surface area contributed by atoms with Gasteiger partial charge in [-0.2, -0.15) is 0 Å². The van der Waals surface area contributed by atoms with E-state index in [1.807, 2.05) is 29.2 Å². The largest absolute Gasteiger partial charge is 0.469 e. The van der Waals surface area contributed by atoms with Gasteiger partial charge in [0.1, 0.15) is 77.4 Å². The highest BCUT2D eigenvalue weighted by molar-refractivity contribution is 5.96. The highest BCUT2D eigenvalue weighted by Gasteiger charge is 2.37. The minimum absolute atomic E-state index is 0.0202. The second kappa shape index (κ2) is 47.8. The van der Waals surface area contributed by atoms with Gasteiger partial charge in [0.15, 0.2) is 0 Å². The van der Waals surface area contributed by atoms with Gasteiger partial charge >= 0.3 is 23.9 Å². The third-order valence-corrected chi connectivity index (χ3v) is 19.0. The summed E-state index contributed by atoms with van der Waals surface area (Å²) in [5.41, 5.74) is 0.517. The first-order valence-electron chi connectivity index (χ1n) is 39.5. The van der Waals surface area contributed by atoms with E-state index >= 15 is 0 Å². The molecule has 3 aromatic rings. The minimum atomic E-state index is -2.07. The van der Waals surface area contributed by atoms with Crippen LogP contribution >= 0.6 is 0 Å². The maximum absolute atomic E-state index is 14.9. The summed E-state index contributed by atoms with van der Waals surface area (Å²) < 4.78 is 22.0. The molecule has 117 heavy (non-hydrogen) atoms. The van der Waals surface area contributed by atoms with Gasteiger partial charge in [-0.1, -0.05) is 25.0 Å². The Bertz CT molecular complexity index is 3640. The Morgan fingerprint density at radius 1 is 0.556 bits per heavy atom. The number of hydrogen-bond acceptors (Lipinski definition) is 31. The Balaban J connectivity index is 1.39. The Labute approximate surface area is 681 Å². The Morgan fingerprint density at radius 3 is 1.47 bits per heavy atom. The molecule has 2 aromatic carbocycles. The number of aliphatic hydroxyl groups excluding tert-OH is 10. The number of imidazole rings is 1. The molecule has 0 spiro atoms. The van der Waals surface area contributed by atoms with Crippen molar-refractivity contribution in [1.82, 2.24) is 66.0 Å². The Kier molecular flexibility index (Phi) is 40.4. The molecule has 3 heterocycles. The number of fused-ring (bicyclic) bond motifs is 2. The van der Waals surface area contributed by atoms with Crippen molar-refractivity contribution in [2.75, 3.05) is 137 Å². The molecular formula is C78H126N14O25. The number of carbonyl (C=O) groups is 11. The standard InChI is InChI=1S/C78H126N14O25/c1-76(2,3)115-65(103)43-89-30-28-88(29-31-90(44-66(104)116-77(4,5)6)33-35-91(34-32-89)45-67(105)117-78(7,8)9)42-63(101)85-54(23-25-62(100)81-39-57(96)69(107)71(109)59(98)47-94)73(111)86-53(22-24-61(99)80-38-56(95)68(106)70(108)58(97)46-93)72(110)79-26-16-12-13-17-27-92-40-49-36-48(20-21-50(49)82-55(75(92)113)37-64(102)114-11)74(112)87(10)41-60-83-51-18-14-15-19-52(51)84-60/h14-15,18-21,36,53-59,68-71,82,93-98,106-109H,12-13,16-17,22-35,37-47H2,1-11H3,(H,79,110)(H,80,99)(H,81,100)(H,83,84)(H,85,101)(H,86,111)/t53-,54-,55?,56+,57-,58-,59+,68-,69+,70+,71-/m0/s1. The molecule has 39 heteroatoms. The normalized spacial score (nSPS) is 17.8. The molecular weight excluding hydrogens is 1530 g/mol. The number of hydrogen-bond donors (Lipinski definition) is 17. The molecule has 2 aliphatic rings. The number of anilines is 1.